The van der Waals surface area contributed by atoms with E-state index in [2.05, 4.69) is 58.7 Å². The van der Waals surface area contributed by atoms with Crippen molar-refractivity contribution >= 4 is 5.96 Å². The molecule has 24 heavy (non-hydrogen) atoms. The summed E-state index contributed by atoms with van der Waals surface area (Å²) in [6, 6.07) is 14.3. The number of aliphatic imine (C=N–C) groups is 1. The van der Waals surface area contributed by atoms with Crippen molar-refractivity contribution in [2.24, 2.45) is 4.99 Å². The van der Waals surface area contributed by atoms with Gasteiger partial charge in [-0.15, -0.1) is 0 Å². The predicted molar refractivity (Wildman–Crippen MR) is 98.5 cm³/mol. The highest BCUT2D eigenvalue weighted by atomic mass is 16.5. The molecule has 5 nitrogen and oxygen atoms in total. The van der Waals surface area contributed by atoms with Gasteiger partial charge in [0.05, 0.1) is 13.7 Å². The van der Waals surface area contributed by atoms with Crippen LogP contribution in [0.15, 0.2) is 53.7 Å². The van der Waals surface area contributed by atoms with E-state index in [-0.39, 0.29) is 0 Å². The van der Waals surface area contributed by atoms with Gasteiger partial charge in [-0.2, -0.15) is 0 Å². The van der Waals surface area contributed by atoms with E-state index in [0.29, 0.717) is 18.3 Å². The van der Waals surface area contributed by atoms with Crippen LogP contribution in [-0.4, -0.2) is 31.1 Å². The van der Waals surface area contributed by atoms with Gasteiger partial charge in [-0.1, -0.05) is 37.3 Å². The minimum atomic E-state index is 0.413. The SMILES string of the molecule is CCNC(=NCc1ccnc(OC)c1)NCC(C)c1ccccc1. The number of guanidine groups is 1. The summed E-state index contributed by atoms with van der Waals surface area (Å²) in [5.74, 6) is 1.84. The Morgan fingerprint density at radius 1 is 1.21 bits per heavy atom. The van der Waals surface area contributed by atoms with Crippen LogP contribution >= 0.6 is 0 Å². The zero-order valence-corrected chi connectivity index (χ0v) is 14.6. The van der Waals surface area contributed by atoms with E-state index in [4.69, 9.17) is 4.74 Å². The summed E-state index contributed by atoms with van der Waals surface area (Å²) in [6.07, 6.45) is 1.74. The van der Waals surface area contributed by atoms with E-state index < -0.39 is 0 Å². The molecule has 5 heteroatoms. The van der Waals surface area contributed by atoms with Crippen LogP contribution in [0.2, 0.25) is 0 Å². The normalized spacial score (nSPS) is 12.5. The average Bonchev–Trinajstić information content (AvgIpc) is 2.64. The molecule has 1 unspecified atom stereocenters. The average molecular weight is 326 g/mol. The standard InChI is InChI=1S/C19H26N4O/c1-4-20-19(22-13-15(2)17-8-6-5-7-9-17)23-14-16-10-11-21-18(12-16)24-3/h5-12,15H,4,13-14H2,1-3H3,(H2,20,22,23). The van der Waals surface area contributed by atoms with Gasteiger partial charge >= 0.3 is 0 Å². The van der Waals surface area contributed by atoms with E-state index in [0.717, 1.165) is 24.6 Å². The van der Waals surface area contributed by atoms with E-state index >= 15 is 0 Å². The fraction of sp³-hybridized carbons (Fsp3) is 0.368. The van der Waals surface area contributed by atoms with Gasteiger partial charge < -0.3 is 15.4 Å². The van der Waals surface area contributed by atoms with Crippen LogP contribution in [0.5, 0.6) is 5.88 Å². The molecular formula is C19H26N4O. The Morgan fingerprint density at radius 2 is 2.00 bits per heavy atom. The summed E-state index contributed by atoms with van der Waals surface area (Å²) in [5, 5.41) is 6.69. The number of hydrogen-bond acceptors (Lipinski definition) is 3. The number of rotatable bonds is 7. The van der Waals surface area contributed by atoms with Gasteiger partial charge in [0.25, 0.3) is 0 Å². The molecule has 0 saturated carbocycles. The molecule has 2 N–H and O–H groups in total. The first-order chi connectivity index (χ1) is 11.7. The van der Waals surface area contributed by atoms with Gasteiger partial charge in [-0.3, -0.25) is 0 Å². The molecule has 1 heterocycles. The van der Waals surface area contributed by atoms with Crippen LogP contribution in [-0.2, 0) is 6.54 Å². The van der Waals surface area contributed by atoms with Crippen LogP contribution in [0.1, 0.15) is 30.9 Å². The Morgan fingerprint density at radius 3 is 2.71 bits per heavy atom. The van der Waals surface area contributed by atoms with Crippen molar-refractivity contribution in [2.45, 2.75) is 26.3 Å². The lowest BCUT2D eigenvalue weighted by Crippen LogP contribution is -2.39. The Hall–Kier alpha value is -2.56. The van der Waals surface area contributed by atoms with E-state index in [1.54, 1.807) is 13.3 Å². The number of hydrogen-bond donors (Lipinski definition) is 2. The molecule has 2 aromatic rings. The van der Waals surface area contributed by atoms with Crippen molar-refractivity contribution in [1.29, 1.82) is 0 Å². The third kappa shape index (κ3) is 5.57. The number of aromatic nitrogens is 1. The molecule has 0 aliphatic carbocycles. The van der Waals surface area contributed by atoms with Gasteiger partial charge in [0, 0.05) is 25.4 Å². The molecule has 1 aromatic heterocycles. The molecule has 0 aliphatic rings. The second-order valence-electron chi connectivity index (χ2n) is 5.59. The van der Waals surface area contributed by atoms with E-state index in [9.17, 15) is 0 Å². The number of nitrogens with zero attached hydrogens (tertiary/aromatic N) is 2. The molecule has 0 spiro atoms. The largest absolute Gasteiger partial charge is 0.481 e. The first kappa shape index (κ1) is 17.8. The smallest absolute Gasteiger partial charge is 0.213 e. The van der Waals surface area contributed by atoms with Gasteiger partial charge in [0.15, 0.2) is 5.96 Å². The minimum absolute atomic E-state index is 0.413. The number of benzene rings is 1. The zero-order chi connectivity index (χ0) is 17.2. The molecule has 1 aromatic carbocycles. The Balaban J connectivity index is 1.95. The summed E-state index contributed by atoms with van der Waals surface area (Å²) >= 11 is 0. The van der Waals surface area contributed by atoms with Gasteiger partial charge in [-0.25, -0.2) is 9.98 Å². The molecule has 1 atom stereocenters. The third-order valence-electron chi connectivity index (χ3n) is 3.72. The third-order valence-corrected chi connectivity index (χ3v) is 3.72. The fourth-order valence-electron chi connectivity index (χ4n) is 2.32. The topological polar surface area (TPSA) is 58.5 Å². The van der Waals surface area contributed by atoms with Crippen LogP contribution in [0.25, 0.3) is 0 Å². The van der Waals surface area contributed by atoms with Crippen LogP contribution < -0.4 is 15.4 Å². The summed E-state index contributed by atoms with van der Waals surface area (Å²) < 4.78 is 5.15. The highest BCUT2D eigenvalue weighted by Crippen LogP contribution is 2.13. The van der Waals surface area contributed by atoms with Crippen LogP contribution in [0, 0.1) is 0 Å². The monoisotopic (exact) mass is 326 g/mol. The summed E-state index contributed by atoms with van der Waals surface area (Å²) in [4.78, 5) is 8.75. The van der Waals surface area contributed by atoms with Crippen molar-refractivity contribution in [2.75, 3.05) is 20.2 Å². The number of pyridine rings is 1. The molecular weight excluding hydrogens is 300 g/mol. The molecule has 128 valence electrons. The number of nitrogens with one attached hydrogen (secondary N) is 2. The Kier molecular flexibility index (Phi) is 7.08. The Bertz CT molecular complexity index is 643. The molecule has 0 amide bonds. The van der Waals surface area contributed by atoms with Crippen molar-refractivity contribution < 1.29 is 4.74 Å². The minimum Gasteiger partial charge on any atom is -0.481 e. The lowest BCUT2D eigenvalue weighted by Gasteiger charge is -2.16. The molecule has 0 aliphatic heterocycles. The van der Waals surface area contributed by atoms with Crippen LogP contribution in [0.3, 0.4) is 0 Å². The first-order valence-corrected chi connectivity index (χ1v) is 8.29. The summed E-state index contributed by atoms with van der Waals surface area (Å²) in [6.45, 7) is 6.50. The van der Waals surface area contributed by atoms with Gasteiger partial charge in [0.1, 0.15) is 0 Å². The van der Waals surface area contributed by atoms with E-state index in [1.807, 2.05) is 18.2 Å². The zero-order valence-electron chi connectivity index (χ0n) is 14.6. The highest BCUT2D eigenvalue weighted by molar-refractivity contribution is 5.79. The lowest BCUT2D eigenvalue weighted by molar-refractivity contribution is 0.397. The van der Waals surface area contributed by atoms with E-state index in [1.165, 1.54) is 5.56 Å². The molecule has 0 radical (unpaired) electrons. The fourth-order valence-corrected chi connectivity index (χ4v) is 2.32. The van der Waals surface area contributed by atoms with Gasteiger partial charge in [0.2, 0.25) is 5.88 Å². The maximum atomic E-state index is 5.15. The number of methoxy groups -OCH3 is 1. The van der Waals surface area contributed by atoms with Crippen LogP contribution in [0.4, 0.5) is 0 Å². The molecule has 0 fully saturated rings. The number of ether oxygens (including phenoxy) is 1. The first-order valence-electron chi connectivity index (χ1n) is 8.29. The maximum absolute atomic E-state index is 5.15. The second kappa shape index (κ2) is 9.55. The van der Waals surface area contributed by atoms with Crippen molar-refractivity contribution in [3.63, 3.8) is 0 Å². The van der Waals surface area contributed by atoms with Crippen molar-refractivity contribution in [3.8, 4) is 5.88 Å². The van der Waals surface area contributed by atoms with Crippen molar-refractivity contribution in [3.05, 3.63) is 59.8 Å². The molecule has 2 rings (SSSR count). The molecule has 0 bridgehead atoms. The van der Waals surface area contributed by atoms with Crippen molar-refractivity contribution in [1.82, 2.24) is 15.6 Å². The quantitative estimate of drug-likeness (QED) is 0.607. The lowest BCUT2D eigenvalue weighted by atomic mass is 10.0. The highest BCUT2D eigenvalue weighted by Gasteiger charge is 2.06. The summed E-state index contributed by atoms with van der Waals surface area (Å²) in [5.41, 5.74) is 2.38. The predicted octanol–water partition coefficient (Wildman–Crippen LogP) is 2.95. The summed E-state index contributed by atoms with van der Waals surface area (Å²) in [7, 11) is 1.62. The maximum Gasteiger partial charge on any atom is 0.213 e. The van der Waals surface area contributed by atoms with Gasteiger partial charge in [-0.05, 0) is 30.0 Å². The molecule has 0 saturated heterocycles. The second-order valence-corrected chi connectivity index (χ2v) is 5.59. The Labute approximate surface area is 144 Å².